The lowest BCUT2D eigenvalue weighted by Gasteiger charge is -2.36. The minimum atomic E-state index is -3.37. The Kier molecular flexibility index (Phi) is 5.84. The Morgan fingerprint density at radius 1 is 1.10 bits per heavy atom. The Bertz CT molecular complexity index is 391. The van der Waals surface area contributed by atoms with E-state index in [0.29, 0.717) is 13.1 Å². The van der Waals surface area contributed by atoms with Crippen molar-refractivity contribution in [2.45, 2.75) is 57.4 Å². The van der Waals surface area contributed by atoms with Gasteiger partial charge in [0.05, 0.1) is 0 Å². The number of rotatable bonds is 4. The van der Waals surface area contributed by atoms with Crippen molar-refractivity contribution in [1.82, 2.24) is 8.61 Å². The van der Waals surface area contributed by atoms with Crippen molar-refractivity contribution in [3.8, 4) is 0 Å². The molecule has 5 nitrogen and oxygen atoms in total. The van der Waals surface area contributed by atoms with Gasteiger partial charge in [0.25, 0.3) is 10.2 Å². The first-order valence-corrected chi connectivity index (χ1v) is 9.29. The van der Waals surface area contributed by atoms with Crippen LogP contribution in [0.1, 0.15) is 51.4 Å². The molecule has 1 saturated carbocycles. The van der Waals surface area contributed by atoms with E-state index in [-0.39, 0.29) is 18.6 Å². The summed E-state index contributed by atoms with van der Waals surface area (Å²) >= 11 is 0. The molecular weight excluding hydrogens is 276 g/mol. The first kappa shape index (κ1) is 16.2. The Balaban J connectivity index is 2.04. The van der Waals surface area contributed by atoms with Crippen LogP contribution in [0.3, 0.4) is 0 Å². The average molecular weight is 304 g/mol. The van der Waals surface area contributed by atoms with Crippen molar-refractivity contribution in [3.05, 3.63) is 0 Å². The molecule has 2 rings (SSSR count). The number of piperidine rings is 1. The fourth-order valence-electron chi connectivity index (χ4n) is 3.38. The van der Waals surface area contributed by atoms with Gasteiger partial charge in [0.2, 0.25) is 0 Å². The summed E-state index contributed by atoms with van der Waals surface area (Å²) < 4.78 is 28.6. The molecule has 0 spiro atoms. The molecule has 118 valence electrons. The molecule has 2 fully saturated rings. The zero-order valence-electron chi connectivity index (χ0n) is 12.5. The zero-order valence-corrected chi connectivity index (χ0v) is 13.3. The van der Waals surface area contributed by atoms with E-state index >= 15 is 0 Å². The van der Waals surface area contributed by atoms with Crippen LogP contribution in [0, 0.1) is 5.92 Å². The van der Waals surface area contributed by atoms with Crippen LogP contribution < -0.4 is 0 Å². The van der Waals surface area contributed by atoms with Gasteiger partial charge < -0.3 is 5.11 Å². The van der Waals surface area contributed by atoms with Crippen molar-refractivity contribution >= 4 is 10.2 Å². The van der Waals surface area contributed by atoms with E-state index in [2.05, 4.69) is 0 Å². The molecule has 0 radical (unpaired) electrons. The largest absolute Gasteiger partial charge is 0.396 e. The van der Waals surface area contributed by atoms with Gasteiger partial charge in [-0.25, -0.2) is 0 Å². The molecule has 2 aliphatic rings. The van der Waals surface area contributed by atoms with Crippen LogP contribution in [-0.4, -0.2) is 54.9 Å². The minimum absolute atomic E-state index is 0.0825. The highest BCUT2D eigenvalue weighted by atomic mass is 32.2. The fourth-order valence-corrected chi connectivity index (χ4v) is 5.09. The normalized spacial score (nSPS) is 27.6. The number of hydrogen-bond donors (Lipinski definition) is 1. The summed E-state index contributed by atoms with van der Waals surface area (Å²) in [6.07, 6.45) is 8.44. The molecule has 1 unspecified atom stereocenters. The second kappa shape index (κ2) is 7.20. The molecule has 0 amide bonds. The standard InChI is InChI=1S/C14H28N2O3S/c1-15(14-8-4-2-3-5-9-14)20(18,19)16-10-6-7-13(11-16)12-17/h13-14,17H,2-12H2,1H3. The van der Waals surface area contributed by atoms with Crippen LogP contribution in [-0.2, 0) is 10.2 Å². The van der Waals surface area contributed by atoms with Gasteiger partial charge in [-0.1, -0.05) is 25.7 Å². The highest BCUT2D eigenvalue weighted by Gasteiger charge is 2.34. The van der Waals surface area contributed by atoms with E-state index in [1.807, 2.05) is 0 Å². The van der Waals surface area contributed by atoms with E-state index in [9.17, 15) is 13.5 Å². The lowest BCUT2D eigenvalue weighted by atomic mass is 10.0. The van der Waals surface area contributed by atoms with Crippen molar-refractivity contribution in [2.75, 3.05) is 26.7 Å². The SMILES string of the molecule is CN(C1CCCCCC1)S(=O)(=O)N1CCCC(CO)C1. The van der Waals surface area contributed by atoms with Gasteiger partial charge in [-0.15, -0.1) is 0 Å². The van der Waals surface area contributed by atoms with E-state index in [1.165, 1.54) is 12.8 Å². The predicted octanol–water partition coefficient (Wildman–Crippen LogP) is 1.59. The average Bonchev–Trinajstić information content (AvgIpc) is 2.75. The van der Waals surface area contributed by atoms with Crippen molar-refractivity contribution in [3.63, 3.8) is 0 Å². The molecule has 1 aliphatic heterocycles. The molecule has 0 aromatic rings. The third-order valence-electron chi connectivity index (χ3n) is 4.77. The fraction of sp³-hybridized carbons (Fsp3) is 1.00. The zero-order chi connectivity index (χ0) is 14.6. The molecule has 1 saturated heterocycles. The highest BCUT2D eigenvalue weighted by molar-refractivity contribution is 7.86. The smallest absolute Gasteiger partial charge is 0.281 e. The monoisotopic (exact) mass is 304 g/mol. The maximum Gasteiger partial charge on any atom is 0.281 e. The number of nitrogens with zero attached hydrogens (tertiary/aromatic N) is 2. The third-order valence-corrected chi connectivity index (χ3v) is 6.78. The van der Waals surface area contributed by atoms with Gasteiger partial charge in [-0.05, 0) is 31.6 Å². The molecule has 20 heavy (non-hydrogen) atoms. The Morgan fingerprint density at radius 3 is 2.35 bits per heavy atom. The Labute approximate surface area is 123 Å². The quantitative estimate of drug-likeness (QED) is 0.802. The van der Waals surface area contributed by atoms with E-state index in [0.717, 1.165) is 38.5 Å². The van der Waals surface area contributed by atoms with Crippen LogP contribution in [0.5, 0.6) is 0 Å². The van der Waals surface area contributed by atoms with E-state index in [4.69, 9.17) is 0 Å². The second-order valence-electron chi connectivity index (χ2n) is 6.22. The molecule has 6 heteroatoms. The molecule has 0 aromatic carbocycles. The Morgan fingerprint density at radius 2 is 1.75 bits per heavy atom. The summed E-state index contributed by atoms with van der Waals surface area (Å²) in [5.74, 6) is 0.0982. The second-order valence-corrected chi connectivity index (χ2v) is 8.21. The summed E-state index contributed by atoms with van der Waals surface area (Å²) in [5.41, 5.74) is 0. The van der Waals surface area contributed by atoms with Crippen LogP contribution in [0.25, 0.3) is 0 Å². The molecular formula is C14H28N2O3S. The van der Waals surface area contributed by atoms with Crippen LogP contribution >= 0.6 is 0 Å². The molecule has 0 bridgehead atoms. The third kappa shape index (κ3) is 3.72. The molecule has 1 heterocycles. The lowest BCUT2D eigenvalue weighted by Crippen LogP contribution is -2.50. The van der Waals surface area contributed by atoms with Gasteiger partial charge in [0.15, 0.2) is 0 Å². The van der Waals surface area contributed by atoms with E-state index < -0.39 is 10.2 Å². The maximum atomic E-state index is 12.7. The summed E-state index contributed by atoms with van der Waals surface area (Å²) in [7, 11) is -1.64. The molecule has 1 N–H and O–H groups in total. The van der Waals surface area contributed by atoms with Crippen LogP contribution in [0.2, 0.25) is 0 Å². The van der Waals surface area contributed by atoms with Crippen molar-refractivity contribution in [2.24, 2.45) is 5.92 Å². The number of hydrogen-bond acceptors (Lipinski definition) is 3. The maximum absolute atomic E-state index is 12.7. The summed E-state index contributed by atoms with van der Waals surface area (Å²) in [6.45, 7) is 1.14. The molecule has 1 aliphatic carbocycles. The van der Waals surface area contributed by atoms with Crippen molar-refractivity contribution in [1.29, 1.82) is 0 Å². The lowest BCUT2D eigenvalue weighted by molar-refractivity contribution is 0.159. The van der Waals surface area contributed by atoms with E-state index in [1.54, 1.807) is 15.7 Å². The summed E-state index contributed by atoms with van der Waals surface area (Å²) in [5, 5.41) is 9.26. The molecule has 0 aromatic heterocycles. The van der Waals surface area contributed by atoms with Crippen LogP contribution in [0.4, 0.5) is 0 Å². The van der Waals surface area contributed by atoms with Gasteiger partial charge in [-0.2, -0.15) is 17.0 Å². The highest BCUT2D eigenvalue weighted by Crippen LogP contribution is 2.26. The van der Waals surface area contributed by atoms with Gasteiger partial charge in [0, 0.05) is 32.8 Å². The Hall–Kier alpha value is -0.170. The molecule has 1 atom stereocenters. The first-order valence-electron chi connectivity index (χ1n) is 7.89. The number of aliphatic hydroxyl groups is 1. The summed E-state index contributed by atoms with van der Waals surface area (Å²) in [6, 6.07) is 0.150. The van der Waals surface area contributed by atoms with Gasteiger partial charge in [-0.3, -0.25) is 0 Å². The van der Waals surface area contributed by atoms with Crippen LogP contribution in [0.15, 0.2) is 0 Å². The first-order chi connectivity index (χ1) is 9.55. The minimum Gasteiger partial charge on any atom is -0.396 e. The topological polar surface area (TPSA) is 60.9 Å². The van der Waals surface area contributed by atoms with Gasteiger partial charge >= 0.3 is 0 Å². The summed E-state index contributed by atoms with van der Waals surface area (Å²) in [4.78, 5) is 0. The predicted molar refractivity (Wildman–Crippen MR) is 79.6 cm³/mol. The van der Waals surface area contributed by atoms with Gasteiger partial charge in [0.1, 0.15) is 0 Å². The van der Waals surface area contributed by atoms with Crippen molar-refractivity contribution < 1.29 is 13.5 Å². The number of aliphatic hydroxyl groups excluding tert-OH is 1.